The molecule has 1 atom stereocenters. The van der Waals surface area contributed by atoms with Gasteiger partial charge in [-0.05, 0) is 74.2 Å². The number of aliphatic hydroxyl groups is 1. The number of rotatable bonds is 10. The van der Waals surface area contributed by atoms with E-state index in [-0.39, 0.29) is 11.3 Å². The van der Waals surface area contributed by atoms with Crippen LogP contribution in [0.4, 0.5) is 5.13 Å². The zero-order valence-corrected chi connectivity index (χ0v) is 24.6. The lowest BCUT2D eigenvalue weighted by molar-refractivity contribution is -0.132. The molecule has 3 aromatic carbocycles. The van der Waals surface area contributed by atoms with Crippen molar-refractivity contribution in [3.63, 3.8) is 0 Å². The van der Waals surface area contributed by atoms with Gasteiger partial charge in [-0.15, -0.1) is 0 Å². The third-order valence-electron chi connectivity index (χ3n) is 7.10. The highest BCUT2D eigenvalue weighted by atomic mass is 32.1. The number of aryl methyl sites for hydroxylation is 2. The highest BCUT2D eigenvalue weighted by Gasteiger charge is 2.48. The fraction of sp³-hybridized carbons (Fsp3) is 0.303. The number of benzene rings is 3. The zero-order chi connectivity index (χ0) is 29.1. The SMILES string of the molecule is CCCCCOc1ccc(C2/C(=C(\O)c3cccc(OCC)c3)C(=O)C(=O)N2c2nc3c(C)cc(C)cc3s2)cc1. The molecule has 1 aliphatic heterocycles. The molecule has 1 N–H and O–H groups in total. The third-order valence-corrected chi connectivity index (χ3v) is 8.10. The summed E-state index contributed by atoms with van der Waals surface area (Å²) in [4.78, 5) is 33.5. The molecule has 1 saturated heterocycles. The van der Waals surface area contributed by atoms with Gasteiger partial charge in [0.2, 0.25) is 0 Å². The molecule has 1 aliphatic rings. The van der Waals surface area contributed by atoms with Crippen molar-refractivity contribution in [2.24, 2.45) is 0 Å². The number of ether oxygens (including phenoxy) is 2. The van der Waals surface area contributed by atoms with E-state index < -0.39 is 17.7 Å². The molecule has 4 aromatic rings. The maximum atomic E-state index is 13.7. The average Bonchev–Trinajstić information content (AvgIpc) is 3.50. The van der Waals surface area contributed by atoms with Gasteiger partial charge in [0.1, 0.15) is 17.3 Å². The molecule has 7 nitrogen and oxygen atoms in total. The first-order valence-corrected chi connectivity index (χ1v) is 14.8. The Labute approximate surface area is 244 Å². The van der Waals surface area contributed by atoms with Crippen LogP contribution in [0.3, 0.4) is 0 Å². The molecule has 1 fully saturated rings. The van der Waals surface area contributed by atoms with Gasteiger partial charge in [0.05, 0.1) is 35.0 Å². The predicted molar refractivity (Wildman–Crippen MR) is 163 cm³/mol. The summed E-state index contributed by atoms with van der Waals surface area (Å²) in [6.45, 7) is 9.09. The Morgan fingerprint density at radius 3 is 2.49 bits per heavy atom. The molecule has 1 unspecified atom stereocenters. The Morgan fingerprint density at radius 2 is 1.76 bits per heavy atom. The van der Waals surface area contributed by atoms with Gasteiger partial charge in [-0.3, -0.25) is 14.5 Å². The molecular formula is C33H34N2O5S. The Morgan fingerprint density at radius 1 is 0.976 bits per heavy atom. The van der Waals surface area contributed by atoms with Crippen LogP contribution in [0.15, 0.2) is 66.2 Å². The average molecular weight is 571 g/mol. The molecule has 1 aromatic heterocycles. The third kappa shape index (κ3) is 5.70. The maximum Gasteiger partial charge on any atom is 0.301 e. The van der Waals surface area contributed by atoms with Crippen LogP contribution >= 0.6 is 11.3 Å². The van der Waals surface area contributed by atoms with Gasteiger partial charge in [0, 0.05) is 5.56 Å². The standard InChI is InChI=1S/C33H34N2O5S/c1-5-7-8-16-40-24-14-12-22(13-15-24)29-27(30(36)23-10-9-11-25(19-23)39-6-2)31(37)32(38)35(29)33-34-28-21(4)17-20(3)18-26(28)41-33/h9-15,17-19,29,36H,5-8,16H2,1-4H3/b30-27+. The second kappa shape index (κ2) is 12.1. The number of fused-ring (bicyclic) bond motifs is 1. The fourth-order valence-corrected chi connectivity index (χ4v) is 6.32. The molecule has 2 heterocycles. The Balaban J connectivity index is 1.62. The summed E-state index contributed by atoms with van der Waals surface area (Å²) in [6.07, 6.45) is 3.17. The van der Waals surface area contributed by atoms with Gasteiger partial charge in [0.25, 0.3) is 5.78 Å². The minimum Gasteiger partial charge on any atom is -0.507 e. The van der Waals surface area contributed by atoms with Crippen molar-refractivity contribution < 1.29 is 24.2 Å². The van der Waals surface area contributed by atoms with Crippen molar-refractivity contribution >= 4 is 44.1 Å². The van der Waals surface area contributed by atoms with E-state index in [4.69, 9.17) is 14.5 Å². The summed E-state index contributed by atoms with van der Waals surface area (Å²) in [5.41, 5.74) is 3.94. The van der Waals surface area contributed by atoms with E-state index in [9.17, 15) is 14.7 Å². The van der Waals surface area contributed by atoms with E-state index in [0.717, 1.165) is 40.6 Å². The minimum atomic E-state index is -0.873. The summed E-state index contributed by atoms with van der Waals surface area (Å²) < 4.78 is 12.4. The number of amides is 1. The lowest BCUT2D eigenvalue weighted by Gasteiger charge is -2.23. The Hall–Kier alpha value is -4.17. The molecule has 0 radical (unpaired) electrons. The monoisotopic (exact) mass is 570 g/mol. The van der Waals surface area contributed by atoms with Gasteiger partial charge >= 0.3 is 5.91 Å². The Bertz CT molecular complexity index is 1620. The molecule has 1 amide bonds. The van der Waals surface area contributed by atoms with Crippen molar-refractivity contribution in [2.75, 3.05) is 18.1 Å². The molecule has 212 valence electrons. The predicted octanol–water partition coefficient (Wildman–Crippen LogP) is 7.51. The molecule has 0 spiro atoms. The second-order valence-electron chi connectivity index (χ2n) is 10.2. The number of hydrogen-bond acceptors (Lipinski definition) is 7. The molecule has 41 heavy (non-hydrogen) atoms. The van der Waals surface area contributed by atoms with Crippen LogP contribution < -0.4 is 14.4 Å². The molecule has 0 bridgehead atoms. The van der Waals surface area contributed by atoms with E-state index in [2.05, 4.69) is 6.92 Å². The van der Waals surface area contributed by atoms with E-state index in [0.29, 0.717) is 41.0 Å². The summed E-state index contributed by atoms with van der Waals surface area (Å²) in [6, 6.07) is 17.4. The minimum absolute atomic E-state index is 0.00687. The number of anilines is 1. The van der Waals surface area contributed by atoms with Crippen molar-refractivity contribution in [3.8, 4) is 11.5 Å². The largest absolute Gasteiger partial charge is 0.507 e. The van der Waals surface area contributed by atoms with Crippen molar-refractivity contribution in [1.29, 1.82) is 0 Å². The quantitative estimate of drug-likeness (QED) is 0.0919. The van der Waals surface area contributed by atoms with Gasteiger partial charge in [-0.2, -0.15) is 0 Å². The lowest BCUT2D eigenvalue weighted by Crippen LogP contribution is -2.29. The number of carbonyl (C=O) groups excluding carboxylic acids is 2. The molecule has 0 aliphatic carbocycles. The number of thiazole rings is 1. The zero-order valence-electron chi connectivity index (χ0n) is 23.8. The lowest BCUT2D eigenvalue weighted by atomic mass is 9.95. The highest BCUT2D eigenvalue weighted by Crippen LogP contribution is 2.45. The van der Waals surface area contributed by atoms with E-state index in [1.54, 1.807) is 24.3 Å². The van der Waals surface area contributed by atoms with Crippen LogP contribution in [0.1, 0.15) is 61.4 Å². The number of unbranched alkanes of at least 4 members (excludes halogenated alkanes) is 2. The highest BCUT2D eigenvalue weighted by molar-refractivity contribution is 7.22. The fourth-order valence-electron chi connectivity index (χ4n) is 5.15. The van der Waals surface area contributed by atoms with Crippen LogP contribution in [0.25, 0.3) is 16.0 Å². The summed E-state index contributed by atoms with van der Waals surface area (Å²) in [5, 5.41) is 11.9. The number of aliphatic hydroxyl groups excluding tert-OH is 1. The van der Waals surface area contributed by atoms with Crippen molar-refractivity contribution in [2.45, 2.75) is 53.0 Å². The van der Waals surface area contributed by atoms with E-state index in [1.807, 2.05) is 57.2 Å². The number of aromatic nitrogens is 1. The summed E-state index contributed by atoms with van der Waals surface area (Å²) >= 11 is 1.36. The summed E-state index contributed by atoms with van der Waals surface area (Å²) in [7, 11) is 0. The first-order valence-electron chi connectivity index (χ1n) is 14.0. The van der Waals surface area contributed by atoms with Crippen LogP contribution in [0.2, 0.25) is 0 Å². The van der Waals surface area contributed by atoms with Crippen LogP contribution in [0, 0.1) is 13.8 Å². The Kier molecular flexibility index (Phi) is 8.40. The molecule has 8 heteroatoms. The molecule has 5 rings (SSSR count). The van der Waals surface area contributed by atoms with Crippen LogP contribution in [-0.4, -0.2) is 35.0 Å². The first-order chi connectivity index (χ1) is 19.8. The smallest absolute Gasteiger partial charge is 0.301 e. The molecular weight excluding hydrogens is 536 g/mol. The van der Waals surface area contributed by atoms with Gasteiger partial charge < -0.3 is 14.6 Å². The van der Waals surface area contributed by atoms with Crippen molar-refractivity contribution in [3.05, 3.63) is 88.5 Å². The maximum absolute atomic E-state index is 13.7. The van der Waals surface area contributed by atoms with Gasteiger partial charge in [-0.25, -0.2) is 4.98 Å². The number of ketones is 1. The van der Waals surface area contributed by atoms with Crippen LogP contribution in [0.5, 0.6) is 11.5 Å². The van der Waals surface area contributed by atoms with Gasteiger partial charge in [-0.1, -0.05) is 61.4 Å². The van der Waals surface area contributed by atoms with E-state index in [1.165, 1.54) is 16.2 Å². The number of carbonyl (C=O) groups is 2. The topological polar surface area (TPSA) is 89.0 Å². The summed E-state index contributed by atoms with van der Waals surface area (Å²) in [5.74, 6) is -0.487. The number of hydrogen-bond donors (Lipinski definition) is 1. The van der Waals surface area contributed by atoms with E-state index >= 15 is 0 Å². The number of Topliss-reactive ketones (excluding diaryl/α,β-unsaturated/α-hetero) is 1. The normalized spacial score (nSPS) is 16.5. The first kappa shape index (κ1) is 28.4. The van der Waals surface area contributed by atoms with Crippen molar-refractivity contribution in [1.82, 2.24) is 4.98 Å². The van der Waals surface area contributed by atoms with Crippen LogP contribution in [-0.2, 0) is 9.59 Å². The second-order valence-corrected chi connectivity index (χ2v) is 11.2. The molecule has 0 saturated carbocycles. The number of nitrogens with zero attached hydrogens (tertiary/aromatic N) is 2. The van der Waals surface area contributed by atoms with Gasteiger partial charge in [0.15, 0.2) is 5.13 Å².